The molecule has 1 amide bonds. The Labute approximate surface area is 153 Å². The highest BCUT2D eigenvalue weighted by atomic mass is 32.2. The van der Waals surface area contributed by atoms with Crippen LogP contribution in [-0.2, 0) is 27.8 Å². The molecule has 1 N–H and O–H groups in total. The lowest BCUT2D eigenvalue weighted by molar-refractivity contribution is -0.130. The average Bonchev–Trinajstić information content (AvgIpc) is 2.65. The van der Waals surface area contributed by atoms with Crippen LogP contribution in [0.2, 0.25) is 0 Å². The Hall–Kier alpha value is -2.38. The third kappa shape index (κ3) is 3.89. The lowest BCUT2D eigenvalue weighted by Crippen LogP contribution is -2.42. The maximum absolute atomic E-state index is 12.5. The van der Waals surface area contributed by atoms with Gasteiger partial charge in [-0.2, -0.15) is 0 Å². The molecule has 0 fully saturated rings. The number of ether oxygens (including phenoxy) is 1. The lowest BCUT2D eigenvalue weighted by atomic mass is 10.00. The number of nitrogens with one attached hydrogen (secondary N) is 1. The van der Waals surface area contributed by atoms with E-state index in [1.54, 1.807) is 24.0 Å². The second-order valence-corrected chi connectivity index (χ2v) is 8.03. The smallest absolute Gasteiger partial charge is 0.241 e. The summed E-state index contributed by atoms with van der Waals surface area (Å²) in [6.45, 7) is 2.55. The van der Waals surface area contributed by atoms with Crippen LogP contribution in [0.25, 0.3) is 0 Å². The first-order valence-electron chi connectivity index (χ1n) is 8.39. The highest BCUT2D eigenvalue weighted by Gasteiger charge is 2.23. The number of fused-ring (bicyclic) bond motifs is 1. The monoisotopic (exact) mass is 374 g/mol. The topological polar surface area (TPSA) is 75.7 Å². The van der Waals surface area contributed by atoms with Gasteiger partial charge in [0, 0.05) is 13.1 Å². The van der Waals surface area contributed by atoms with E-state index in [4.69, 9.17) is 4.74 Å². The minimum absolute atomic E-state index is 0.148. The number of benzene rings is 2. The first-order valence-corrected chi connectivity index (χ1v) is 9.88. The highest BCUT2D eigenvalue weighted by Crippen LogP contribution is 2.21. The van der Waals surface area contributed by atoms with Crippen molar-refractivity contribution in [2.45, 2.75) is 24.8 Å². The van der Waals surface area contributed by atoms with E-state index in [9.17, 15) is 13.2 Å². The fourth-order valence-electron chi connectivity index (χ4n) is 3.11. The zero-order valence-corrected chi connectivity index (χ0v) is 15.7. The number of carbonyl (C=O) groups excluding carboxylic acids is 1. The molecule has 0 aliphatic carbocycles. The zero-order chi connectivity index (χ0) is 18.7. The number of hydrogen-bond donors (Lipinski definition) is 1. The molecule has 1 aliphatic heterocycles. The highest BCUT2D eigenvalue weighted by molar-refractivity contribution is 7.89. The van der Waals surface area contributed by atoms with Crippen LogP contribution in [0.4, 0.5) is 0 Å². The quantitative estimate of drug-likeness (QED) is 0.867. The third-order valence-electron chi connectivity index (χ3n) is 4.57. The Balaban J connectivity index is 1.66. The van der Waals surface area contributed by atoms with Crippen molar-refractivity contribution in [2.24, 2.45) is 0 Å². The first-order chi connectivity index (χ1) is 12.4. The van der Waals surface area contributed by atoms with Crippen molar-refractivity contribution in [3.8, 4) is 5.75 Å². The maximum atomic E-state index is 12.5. The summed E-state index contributed by atoms with van der Waals surface area (Å²) in [6.07, 6.45) is 0.784. The van der Waals surface area contributed by atoms with E-state index in [1.807, 2.05) is 18.2 Å². The summed E-state index contributed by atoms with van der Waals surface area (Å²) in [6, 6.07) is 12.7. The Morgan fingerprint density at radius 3 is 2.62 bits per heavy atom. The summed E-state index contributed by atoms with van der Waals surface area (Å²) < 4.78 is 32.5. The van der Waals surface area contributed by atoms with E-state index in [1.165, 1.54) is 18.7 Å². The Morgan fingerprint density at radius 2 is 1.92 bits per heavy atom. The van der Waals surface area contributed by atoms with Gasteiger partial charge in [-0.3, -0.25) is 4.79 Å². The van der Waals surface area contributed by atoms with Crippen molar-refractivity contribution in [3.63, 3.8) is 0 Å². The number of nitrogens with zero attached hydrogens (tertiary/aromatic N) is 1. The van der Waals surface area contributed by atoms with Crippen LogP contribution in [-0.4, -0.2) is 39.4 Å². The third-order valence-corrected chi connectivity index (χ3v) is 6.13. The van der Waals surface area contributed by atoms with Gasteiger partial charge in [-0.15, -0.1) is 0 Å². The van der Waals surface area contributed by atoms with Crippen molar-refractivity contribution in [3.05, 3.63) is 59.2 Å². The molecule has 0 aromatic heterocycles. The van der Waals surface area contributed by atoms with Gasteiger partial charge < -0.3 is 9.64 Å². The molecule has 0 saturated heterocycles. The number of rotatable bonds is 5. The summed E-state index contributed by atoms with van der Waals surface area (Å²) in [4.78, 5) is 14.3. The maximum Gasteiger partial charge on any atom is 0.241 e. The Kier molecular flexibility index (Phi) is 5.29. The lowest BCUT2D eigenvalue weighted by Gasteiger charge is -2.29. The molecule has 3 rings (SSSR count). The van der Waals surface area contributed by atoms with Crippen LogP contribution in [0.3, 0.4) is 0 Å². The van der Waals surface area contributed by atoms with Crippen molar-refractivity contribution in [1.82, 2.24) is 9.62 Å². The number of amides is 1. The van der Waals surface area contributed by atoms with Crippen molar-refractivity contribution in [1.29, 1.82) is 0 Å². The summed E-state index contributed by atoms with van der Waals surface area (Å²) in [5.41, 5.74) is 2.92. The molecule has 7 heteroatoms. The van der Waals surface area contributed by atoms with Crippen LogP contribution in [0.5, 0.6) is 5.75 Å². The predicted molar refractivity (Wildman–Crippen MR) is 98.5 cm³/mol. The molecular formula is C19H22N2O4S. The van der Waals surface area contributed by atoms with Crippen molar-refractivity contribution >= 4 is 15.9 Å². The SMILES string of the molecule is COc1ccc(S(=O)(=O)NCC(=O)N2CCc3ccccc3C2)c(C)c1. The van der Waals surface area contributed by atoms with Gasteiger partial charge in [-0.1, -0.05) is 24.3 Å². The van der Waals surface area contributed by atoms with Gasteiger partial charge in [-0.25, -0.2) is 13.1 Å². The molecule has 26 heavy (non-hydrogen) atoms. The van der Waals surface area contributed by atoms with Gasteiger partial charge in [0.15, 0.2) is 0 Å². The second-order valence-electron chi connectivity index (χ2n) is 6.29. The molecule has 1 aliphatic rings. The zero-order valence-electron chi connectivity index (χ0n) is 14.9. The molecule has 0 bridgehead atoms. The number of methoxy groups -OCH3 is 1. The molecule has 1 heterocycles. The van der Waals surface area contributed by atoms with Crippen LogP contribution in [0, 0.1) is 6.92 Å². The minimum Gasteiger partial charge on any atom is -0.497 e. The van der Waals surface area contributed by atoms with Crippen LogP contribution in [0.15, 0.2) is 47.4 Å². The Morgan fingerprint density at radius 1 is 1.19 bits per heavy atom. The normalized spacial score (nSPS) is 14.0. The fourth-order valence-corrected chi connectivity index (χ4v) is 4.30. The number of carbonyl (C=O) groups is 1. The Bertz CT molecular complexity index is 925. The molecule has 2 aromatic rings. The van der Waals surface area contributed by atoms with Gasteiger partial charge in [0.2, 0.25) is 15.9 Å². The van der Waals surface area contributed by atoms with Crippen LogP contribution < -0.4 is 9.46 Å². The summed E-state index contributed by atoms with van der Waals surface area (Å²) in [5, 5.41) is 0. The van der Waals surface area contributed by atoms with Gasteiger partial charge in [0.1, 0.15) is 5.75 Å². The van der Waals surface area contributed by atoms with E-state index >= 15 is 0 Å². The summed E-state index contributed by atoms with van der Waals surface area (Å²) >= 11 is 0. The predicted octanol–water partition coefficient (Wildman–Crippen LogP) is 1.87. The standard InChI is InChI=1S/C19H22N2O4S/c1-14-11-17(25-2)7-8-18(14)26(23,24)20-12-19(22)21-10-9-15-5-3-4-6-16(15)13-21/h3-8,11,20H,9-10,12-13H2,1-2H3. The van der Waals surface area contributed by atoms with E-state index in [2.05, 4.69) is 10.8 Å². The van der Waals surface area contributed by atoms with E-state index in [0.717, 1.165) is 12.0 Å². The van der Waals surface area contributed by atoms with Gasteiger partial charge in [0.05, 0.1) is 18.6 Å². The first kappa shape index (κ1) is 18.4. The molecule has 0 unspecified atom stereocenters. The van der Waals surface area contributed by atoms with Crippen molar-refractivity contribution < 1.29 is 17.9 Å². The molecule has 2 aromatic carbocycles. The molecule has 0 spiro atoms. The molecule has 0 radical (unpaired) electrons. The van der Waals surface area contributed by atoms with E-state index in [0.29, 0.717) is 24.4 Å². The average molecular weight is 374 g/mol. The fraction of sp³-hybridized carbons (Fsp3) is 0.316. The molecule has 138 valence electrons. The second kappa shape index (κ2) is 7.47. The molecular weight excluding hydrogens is 352 g/mol. The summed E-state index contributed by atoms with van der Waals surface area (Å²) in [5.74, 6) is 0.360. The summed E-state index contributed by atoms with van der Waals surface area (Å²) in [7, 11) is -2.24. The van der Waals surface area contributed by atoms with E-state index in [-0.39, 0.29) is 17.3 Å². The van der Waals surface area contributed by atoms with Gasteiger partial charge in [0.25, 0.3) is 0 Å². The number of sulfonamides is 1. The van der Waals surface area contributed by atoms with Crippen molar-refractivity contribution in [2.75, 3.05) is 20.2 Å². The molecule has 0 saturated carbocycles. The number of aryl methyl sites for hydroxylation is 1. The van der Waals surface area contributed by atoms with Crippen LogP contribution >= 0.6 is 0 Å². The van der Waals surface area contributed by atoms with Gasteiger partial charge >= 0.3 is 0 Å². The number of hydrogen-bond acceptors (Lipinski definition) is 4. The van der Waals surface area contributed by atoms with E-state index < -0.39 is 10.0 Å². The molecule has 6 nitrogen and oxygen atoms in total. The molecule has 0 atom stereocenters. The van der Waals surface area contributed by atoms with Gasteiger partial charge in [-0.05, 0) is 48.2 Å². The minimum atomic E-state index is -3.76. The van der Waals surface area contributed by atoms with Crippen LogP contribution in [0.1, 0.15) is 16.7 Å². The largest absolute Gasteiger partial charge is 0.497 e.